The second-order valence-corrected chi connectivity index (χ2v) is 4.77. The van der Waals surface area contributed by atoms with Gasteiger partial charge in [-0.15, -0.1) is 18.8 Å². The van der Waals surface area contributed by atoms with Crippen LogP contribution in [0.25, 0.3) is 0 Å². The van der Waals surface area contributed by atoms with E-state index in [9.17, 15) is 4.79 Å². The van der Waals surface area contributed by atoms with E-state index in [-0.39, 0.29) is 17.9 Å². The average Bonchev–Trinajstić information content (AvgIpc) is 2.39. The summed E-state index contributed by atoms with van der Waals surface area (Å²) in [5.74, 6) is 5.38. The molecule has 19 heavy (non-hydrogen) atoms. The molecule has 2 atom stereocenters. The van der Waals surface area contributed by atoms with Gasteiger partial charge in [0.2, 0.25) is 5.91 Å². The number of likely N-dealkylation sites (N-methyl/N-ethyl adjacent to an activating group) is 1. The molecule has 0 bridgehead atoms. The first-order valence-electron chi connectivity index (χ1n) is 6.41. The molecule has 0 aliphatic carbocycles. The fourth-order valence-electron chi connectivity index (χ4n) is 1.99. The molecule has 1 fully saturated rings. The van der Waals surface area contributed by atoms with Gasteiger partial charge in [0, 0.05) is 37.7 Å². The van der Waals surface area contributed by atoms with E-state index >= 15 is 0 Å². The molecule has 1 aliphatic heterocycles. The largest absolute Gasteiger partial charge is 0.349 e. The number of piperidine rings is 1. The zero-order valence-corrected chi connectivity index (χ0v) is 11.4. The Balaban J connectivity index is 2.29. The van der Waals surface area contributed by atoms with Gasteiger partial charge >= 0.3 is 0 Å². The molecule has 0 radical (unpaired) electrons. The molecule has 1 heterocycles. The number of nitrogens with zero attached hydrogens (tertiary/aromatic N) is 1. The van der Waals surface area contributed by atoms with Crippen molar-refractivity contribution in [3.63, 3.8) is 0 Å². The lowest BCUT2D eigenvalue weighted by Gasteiger charge is -2.27. The molecule has 0 unspecified atom stereocenters. The van der Waals surface area contributed by atoms with Crippen LogP contribution < -0.4 is 10.6 Å². The van der Waals surface area contributed by atoms with E-state index in [1.165, 1.54) is 0 Å². The van der Waals surface area contributed by atoms with E-state index < -0.39 is 0 Å². The smallest absolute Gasteiger partial charge is 0.243 e. The van der Waals surface area contributed by atoms with Gasteiger partial charge < -0.3 is 10.6 Å². The van der Waals surface area contributed by atoms with Gasteiger partial charge in [0.25, 0.3) is 0 Å². The standard InChI is InChI=1S/C15H21N3O/c1-4-8-18(3)9-6-7-15(19)17-14-10-13(5-2)11-16-12-14/h1-2,6-7,13-14,16H,8-12H2,3H3,(H,17,19)/b7-6+/t13-,14+/m1/s1. The van der Waals surface area contributed by atoms with E-state index in [0.717, 1.165) is 19.5 Å². The summed E-state index contributed by atoms with van der Waals surface area (Å²) in [5, 5.41) is 6.17. The fraction of sp³-hybridized carbons (Fsp3) is 0.533. The minimum absolute atomic E-state index is 0.0846. The van der Waals surface area contributed by atoms with Crippen LogP contribution in [0.2, 0.25) is 0 Å². The fourth-order valence-corrected chi connectivity index (χ4v) is 1.99. The third kappa shape index (κ3) is 6.10. The molecule has 4 heteroatoms. The number of nitrogens with one attached hydrogen (secondary N) is 2. The highest BCUT2D eigenvalue weighted by Crippen LogP contribution is 2.09. The lowest BCUT2D eigenvalue weighted by atomic mass is 9.96. The minimum Gasteiger partial charge on any atom is -0.349 e. The summed E-state index contributed by atoms with van der Waals surface area (Å²) in [6.45, 7) is 2.83. The number of hydrogen-bond donors (Lipinski definition) is 2. The van der Waals surface area contributed by atoms with Crippen molar-refractivity contribution in [2.45, 2.75) is 12.5 Å². The summed E-state index contributed by atoms with van der Waals surface area (Å²) in [6, 6.07) is 0.107. The van der Waals surface area contributed by atoms with Crippen LogP contribution in [0.4, 0.5) is 0 Å². The molecule has 0 aromatic carbocycles. The minimum atomic E-state index is -0.0846. The highest BCUT2D eigenvalue weighted by molar-refractivity contribution is 5.87. The molecule has 0 aromatic rings. The van der Waals surface area contributed by atoms with Gasteiger partial charge in [-0.2, -0.15) is 0 Å². The van der Waals surface area contributed by atoms with Crippen LogP contribution in [-0.4, -0.2) is 50.1 Å². The lowest BCUT2D eigenvalue weighted by Crippen LogP contribution is -2.48. The van der Waals surface area contributed by atoms with Crippen LogP contribution in [-0.2, 0) is 4.79 Å². The molecule has 0 saturated carbocycles. The number of carbonyl (C=O) groups is 1. The van der Waals surface area contributed by atoms with Crippen molar-refractivity contribution in [3.8, 4) is 24.7 Å². The molecule has 4 nitrogen and oxygen atoms in total. The Hall–Kier alpha value is -1.75. The number of terminal acetylenes is 2. The molecule has 1 amide bonds. The SMILES string of the molecule is C#CCN(C)C/C=C/C(=O)N[C@@H]1CNC[C@H](C#C)C1. The van der Waals surface area contributed by atoms with Gasteiger partial charge in [-0.05, 0) is 13.5 Å². The van der Waals surface area contributed by atoms with E-state index in [2.05, 4.69) is 22.5 Å². The molecule has 2 N–H and O–H groups in total. The Morgan fingerprint density at radius 1 is 1.53 bits per heavy atom. The van der Waals surface area contributed by atoms with E-state index in [0.29, 0.717) is 13.1 Å². The zero-order chi connectivity index (χ0) is 14.1. The molecular weight excluding hydrogens is 238 g/mol. The third-order valence-corrected chi connectivity index (χ3v) is 2.98. The average molecular weight is 259 g/mol. The molecule has 1 rings (SSSR count). The van der Waals surface area contributed by atoms with Crippen LogP contribution in [0.3, 0.4) is 0 Å². The Morgan fingerprint density at radius 2 is 2.32 bits per heavy atom. The lowest BCUT2D eigenvalue weighted by molar-refractivity contribution is -0.117. The Morgan fingerprint density at radius 3 is 3.00 bits per heavy atom. The number of amides is 1. The Kier molecular flexibility index (Phi) is 6.74. The molecule has 0 spiro atoms. The number of hydrogen-bond acceptors (Lipinski definition) is 3. The van der Waals surface area contributed by atoms with E-state index in [4.69, 9.17) is 12.8 Å². The van der Waals surface area contributed by atoms with Crippen LogP contribution >= 0.6 is 0 Å². The van der Waals surface area contributed by atoms with Crippen LogP contribution in [0.1, 0.15) is 6.42 Å². The van der Waals surface area contributed by atoms with Gasteiger partial charge in [0.1, 0.15) is 0 Å². The highest BCUT2D eigenvalue weighted by atomic mass is 16.1. The van der Waals surface area contributed by atoms with Crippen LogP contribution in [0, 0.1) is 30.6 Å². The molecule has 1 aliphatic rings. The van der Waals surface area contributed by atoms with Crippen molar-refractivity contribution in [1.29, 1.82) is 0 Å². The third-order valence-electron chi connectivity index (χ3n) is 2.98. The molecule has 1 saturated heterocycles. The first-order valence-corrected chi connectivity index (χ1v) is 6.41. The maximum atomic E-state index is 11.7. The van der Waals surface area contributed by atoms with E-state index in [1.54, 1.807) is 6.08 Å². The second kappa shape index (κ2) is 8.37. The normalized spacial score (nSPS) is 22.9. The van der Waals surface area contributed by atoms with Crippen molar-refractivity contribution in [1.82, 2.24) is 15.5 Å². The van der Waals surface area contributed by atoms with Gasteiger partial charge in [0.15, 0.2) is 0 Å². The summed E-state index contributed by atoms with van der Waals surface area (Å²) < 4.78 is 0. The Labute approximate surface area is 115 Å². The van der Waals surface area contributed by atoms with Gasteiger partial charge in [-0.1, -0.05) is 12.0 Å². The summed E-state index contributed by atoms with van der Waals surface area (Å²) in [6.07, 6.45) is 14.8. The predicted octanol–water partition coefficient (Wildman–Crippen LogP) is -0.165. The first-order chi connectivity index (χ1) is 9.15. The molecular formula is C15H21N3O. The van der Waals surface area contributed by atoms with Crippen molar-refractivity contribution in [2.75, 3.05) is 33.2 Å². The maximum Gasteiger partial charge on any atom is 0.243 e. The van der Waals surface area contributed by atoms with Crippen molar-refractivity contribution in [2.24, 2.45) is 5.92 Å². The summed E-state index contributed by atoms with van der Waals surface area (Å²) in [7, 11) is 1.91. The summed E-state index contributed by atoms with van der Waals surface area (Å²) >= 11 is 0. The predicted molar refractivity (Wildman–Crippen MR) is 77.2 cm³/mol. The molecule has 0 aromatic heterocycles. The van der Waals surface area contributed by atoms with Crippen molar-refractivity contribution in [3.05, 3.63) is 12.2 Å². The quantitative estimate of drug-likeness (QED) is 0.532. The topological polar surface area (TPSA) is 44.4 Å². The second-order valence-electron chi connectivity index (χ2n) is 4.77. The monoisotopic (exact) mass is 259 g/mol. The Bertz CT molecular complexity index is 403. The summed E-state index contributed by atoms with van der Waals surface area (Å²) in [5.41, 5.74) is 0. The van der Waals surface area contributed by atoms with Gasteiger partial charge in [0.05, 0.1) is 6.54 Å². The zero-order valence-electron chi connectivity index (χ0n) is 11.4. The van der Waals surface area contributed by atoms with Crippen LogP contribution in [0.15, 0.2) is 12.2 Å². The highest BCUT2D eigenvalue weighted by Gasteiger charge is 2.20. The van der Waals surface area contributed by atoms with Crippen LogP contribution in [0.5, 0.6) is 0 Å². The van der Waals surface area contributed by atoms with Gasteiger partial charge in [-0.3, -0.25) is 9.69 Å². The van der Waals surface area contributed by atoms with Crippen molar-refractivity contribution >= 4 is 5.91 Å². The number of rotatable bonds is 5. The first kappa shape index (κ1) is 15.3. The van der Waals surface area contributed by atoms with E-state index in [1.807, 2.05) is 18.0 Å². The summed E-state index contributed by atoms with van der Waals surface area (Å²) in [4.78, 5) is 13.7. The van der Waals surface area contributed by atoms with Crippen molar-refractivity contribution < 1.29 is 4.79 Å². The maximum absolute atomic E-state index is 11.7. The molecule has 102 valence electrons. The number of carbonyl (C=O) groups excluding carboxylic acids is 1. The van der Waals surface area contributed by atoms with Gasteiger partial charge in [-0.25, -0.2) is 0 Å².